The number of ether oxygens (including phenoxy) is 3. The molecule has 0 N–H and O–H groups in total. The summed E-state index contributed by atoms with van der Waals surface area (Å²) in [6.45, 7) is 0.677. The lowest BCUT2D eigenvalue weighted by Gasteiger charge is -2.15. The van der Waals surface area contributed by atoms with Crippen LogP contribution in [0.3, 0.4) is 0 Å². The highest BCUT2D eigenvalue weighted by atomic mass is 79.9. The van der Waals surface area contributed by atoms with Crippen molar-refractivity contribution in [2.45, 2.75) is 6.42 Å². The molecule has 6 heteroatoms. The molecule has 0 atom stereocenters. The number of methoxy groups -OCH3 is 3. The van der Waals surface area contributed by atoms with Crippen LogP contribution in [0.25, 0.3) is 6.08 Å². The Kier molecular flexibility index (Phi) is 5.52. The minimum Gasteiger partial charge on any atom is -0.493 e. The third-order valence-corrected chi connectivity index (χ3v) is 5.08. The van der Waals surface area contributed by atoms with Crippen molar-refractivity contribution in [1.82, 2.24) is 0 Å². The number of carbonyl (C=O) groups is 1. The van der Waals surface area contributed by atoms with Gasteiger partial charge in [0.2, 0.25) is 5.75 Å². The molecule has 2 aromatic carbocycles. The fraction of sp³-hybridized carbons (Fsp3) is 0.250. The lowest BCUT2D eigenvalue weighted by molar-refractivity contribution is -0.114. The Hall–Kier alpha value is -2.47. The van der Waals surface area contributed by atoms with Gasteiger partial charge in [0.25, 0.3) is 5.91 Å². The van der Waals surface area contributed by atoms with Crippen molar-refractivity contribution in [2.75, 3.05) is 32.8 Å². The van der Waals surface area contributed by atoms with Crippen LogP contribution >= 0.6 is 15.9 Å². The van der Waals surface area contributed by atoms with E-state index in [0.29, 0.717) is 23.8 Å². The predicted octanol–water partition coefficient (Wildman–Crippen LogP) is 4.08. The van der Waals surface area contributed by atoms with Gasteiger partial charge in [0, 0.05) is 22.8 Å². The molecule has 136 valence electrons. The first-order chi connectivity index (χ1) is 12.6. The molecule has 1 amide bonds. The Morgan fingerprint density at radius 3 is 2.42 bits per heavy atom. The fourth-order valence-electron chi connectivity index (χ4n) is 3.08. The van der Waals surface area contributed by atoms with Crippen LogP contribution in [-0.2, 0) is 11.2 Å². The van der Waals surface area contributed by atoms with Crippen molar-refractivity contribution in [2.24, 2.45) is 0 Å². The molecule has 0 aromatic heterocycles. The molecule has 0 spiro atoms. The van der Waals surface area contributed by atoms with Gasteiger partial charge in [0.05, 0.1) is 21.3 Å². The van der Waals surface area contributed by atoms with Gasteiger partial charge in [0.1, 0.15) is 0 Å². The molecule has 0 bridgehead atoms. The number of nitrogens with zero attached hydrogens (tertiary/aromatic N) is 1. The van der Waals surface area contributed by atoms with E-state index < -0.39 is 0 Å². The maximum atomic E-state index is 12.7. The van der Waals surface area contributed by atoms with Crippen molar-refractivity contribution in [3.63, 3.8) is 0 Å². The van der Waals surface area contributed by atoms with Gasteiger partial charge in [-0.05, 0) is 47.9 Å². The van der Waals surface area contributed by atoms with Gasteiger partial charge >= 0.3 is 0 Å². The van der Waals surface area contributed by atoms with Gasteiger partial charge in [0.15, 0.2) is 11.5 Å². The number of amides is 1. The standard InChI is InChI=1S/C20H20BrNO4/c1-24-17-11-13(12-18(25-2)20(17)26-3)7-8-19(23)22-10-9-14-15(21)5-4-6-16(14)22/h4-8,11-12H,9-10H2,1-3H3/b8-7+. The van der Waals surface area contributed by atoms with Gasteiger partial charge in [-0.15, -0.1) is 0 Å². The van der Waals surface area contributed by atoms with Crippen molar-refractivity contribution < 1.29 is 19.0 Å². The number of rotatable bonds is 5. The molecular formula is C20H20BrNO4. The fourth-order valence-corrected chi connectivity index (χ4v) is 3.63. The Labute approximate surface area is 161 Å². The minimum absolute atomic E-state index is 0.0596. The smallest absolute Gasteiger partial charge is 0.251 e. The summed E-state index contributed by atoms with van der Waals surface area (Å²) in [4.78, 5) is 14.4. The number of carbonyl (C=O) groups excluding carboxylic acids is 1. The summed E-state index contributed by atoms with van der Waals surface area (Å²) in [5.41, 5.74) is 2.92. The number of hydrogen-bond acceptors (Lipinski definition) is 4. The average Bonchev–Trinajstić information content (AvgIpc) is 3.10. The molecule has 1 heterocycles. The van der Waals surface area contributed by atoms with E-state index in [1.54, 1.807) is 50.5 Å². The molecule has 26 heavy (non-hydrogen) atoms. The molecule has 0 fully saturated rings. The van der Waals surface area contributed by atoms with Crippen molar-refractivity contribution in [3.8, 4) is 17.2 Å². The molecule has 0 radical (unpaired) electrons. The van der Waals surface area contributed by atoms with E-state index in [1.165, 1.54) is 5.56 Å². The second kappa shape index (κ2) is 7.83. The Morgan fingerprint density at radius 2 is 1.81 bits per heavy atom. The van der Waals surface area contributed by atoms with E-state index in [4.69, 9.17) is 14.2 Å². The van der Waals surface area contributed by atoms with E-state index in [1.807, 2.05) is 18.2 Å². The molecule has 2 aromatic rings. The lowest BCUT2D eigenvalue weighted by atomic mass is 10.1. The number of fused-ring (bicyclic) bond motifs is 1. The summed E-state index contributed by atoms with van der Waals surface area (Å²) in [6.07, 6.45) is 4.17. The first-order valence-corrected chi connectivity index (χ1v) is 8.95. The SMILES string of the molecule is COc1cc(/C=C/C(=O)N2CCc3c(Br)cccc32)cc(OC)c1OC. The summed E-state index contributed by atoms with van der Waals surface area (Å²) in [6, 6.07) is 9.52. The zero-order chi connectivity index (χ0) is 18.7. The van der Waals surface area contributed by atoms with E-state index in [9.17, 15) is 4.79 Å². The van der Waals surface area contributed by atoms with Gasteiger partial charge in [-0.3, -0.25) is 4.79 Å². The maximum Gasteiger partial charge on any atom is 0.251 e. The number of benzene rings is 2. The van der Waals surface area contributed by atoms with Crippen molar-refractivity contribution >= 4 is 33.6 Å². The van der Waals surface area contributed by atoms with Crippen LogP contribution in [0.4, 0.5) is 5.69 Å². The molecule has 0 unspecified atom stereocenters. The second-order valence-electron chi connectivity index (χ2n) is 5.77. The first kappa shape index (κ1) is 18.3. The van der Waals surface area contributed by atoms with Crippen LogP contribution in [0.15, 0.2) is 40.9 Å². The lowest BCUT2D eigenvalue weighted by Crippen LogP contribution is -2.26. The molecule has 0 saturated carbocycles. The molecule has 3 rings (SSSR count). The van der Waals surface area contributed by atoms with E-state index in [2.05, 4.69) is 15.9 Å². The van der Waals surface area contributed by atoms with E-state index in [-0.39, 0.29) is 5.91 Å². The first-order valence-electron chi connectivity index (χ1n) is 8.16. The summed E-state index contributed by atoms with van der Waals surface area (Å²) in [7, 11) is 4.69. The largest absolute Gasteiger partial charge is 0.493 e. The van der Waals surface area contributed by atoms with E-state index >= 15 is 0 Å². The third kappa shape index (κ3) is 3.42. The zero-order valence-electron chi connectivity index (χ0n) is 14.9. The van der Waals surface area contributed by atoms with Crippen LogP contribution in [-0.4, -0.2) is 33.8 Å². The Bertz CT molecular complexity index is 838. The summed E-state index contributed by atoms with van der Waals surface area (Å²) in [5, 5.41) is 0. The quantitative estimate of drug-likeness (QED) is 0.687. The Balaban J connectivity index is 1.85. The molecule has 1 aliphatic heterocycles. The Morgan fingerprint density at radius 1 is 1.12 bits per heavy atom. The molecule has 0 saturated heterocycles. The average molecular weight is 418 g/mol. The maximum absolute atomic E-state index is 12.7. The molecule has 1 aliphatic rings. The highest BCUT2D eigenvalue weighted by Gasteiger charge is 2.24. The zero-order valence-corrected chi connectivity index (χ0v) is 16.5. The number of anilines is 1. The number of hydrogen-bond donors (Lipinski definition) is 0. The summed E-state index contributed by atoms with van der Waals surface area (Å²) >= 11 is 3.55. The molecule has 0 aliphatic carbocycles. The van der Waals surface area contributed by atoms with Crippen LogP contribution < -0.4 is 19.1 Å². The topological polar surface area (TPSA) is 48.0 Å². The third-order valence-electron chi connectivity index (χ3n) is 4.34. The van der Waals surface area contributed by atoms with Crippen LogP contribution in [0, 0.1) is 0 Å². The van der Waals surface area contributed by atoms with Gasteiger partial charge in [-0.25, -0.2) is 0 Å². The van der Waals surface area contributed by atoms with Crippen LogP contribution in [0.5, 0.6) is 17.2 Å². The van der Waals surface area contributed by atoms with Gasteiger partial charge < -0.3 is 19.1 Å². The van der Waals surface area contributed by atoms with E-state index in [0.717, 1.165) is 22.1 Å². The van der Waals surface area contributed by atoms with Crippen molar-refractivity contribution in [3.05, 3.63) is 52.0 Å². The second-order valence-corrected chi connectivity index (χ2v) is 6.62. The monoisotopic (exact) mass is 417 g/mol. The highest BCUT2D eigenvalue weighted by molar-refractivity contribution is 9.10. The molecular weight excluding hydrogens is 398 g/mol. The molecule has 5 nitrogen and oxygen atoms in total. The van der Waals surface area contributed by atoms with Crippen molar-refractivity contribution in [1.29, 1.82) is 0 Å². The summed E-state index contributed by atoms with van der Waals surface area (Å²) < 4.78 is 17.0. The highest BCUT2D eigenvalue weighted by Crippen LogP contribution is 2.38. The van der Waals surface area contributed by atoms with Crippen LogP contribution in [0.2, 0.25) is 0 Å². The minimum atomic E-state index is -0.0596. The summed E-state index contributed by atoms with van der Waals surface area (Å²) in [5.74, 6) is 1.57. The normalized spacial score (nSPS) is 13.0. The van der Waals surface area contributed by atoms with Gasteiger partial charge in [-0.2, -0.15) is 0 Å². The van der Waals surface area contributed by atoms with Crippen LogP contribution in [0.1, 0.15) is 11.1 Å². The number of halogens is 1. The van der Waals surface area contributed by atoms with Gasteiger partial charge in [-0.1, -0.05) is 22.0 Å². The predicted molar refractivity (Wildman–Crippen MR) is 105 cm³/mol.